The van der Waals surface area contributed by atoms with Crippen molar-refractivity contribution in [2.75, 3.05) is 6.61 Å². The molecule has 0 saturated carbocycles. The molecule has 2 rings (SSSR count). The maximum absolute atomic E-state index is 5.97. The molecule has 1 aliphatic carbocycles. The molecule has 1 aromatic heterocycles. The lowest BCUT2D eigenvalue weighted by molar-refractivity contribution is 0.221. The summed E-state index contributed by atoms with van der Waals surface area (Å²) >= 11 is 11.7. The Bertz CT molecular complexity index is 418. The van der Waals surface area contributed by atoms with Crippen molar-refractivity contribution >= 4 is 29.3 Å². The van der Waals surface area contributed by atoms with Crippen molar-refractivity contribution in [1.82, 2.24) is 9.97 Å². The molecule has 1 heterocycles. The highest BCUT2D eigenvalue weighted by Gasteiger charge is 2.17. The molecule has 0 amide bonds. The van der Waals surface area contributed by atoms with Crippen LogP contribution in [-0.4, -0.2) is 16.6 Å². The number of fused-ring (bicyclic) bond motifs is 1. The fourth-order valence-electron chi connectivity index (χ4n) is 1.57. The second-order valence-electron chi connectivity index (χ2n) is 3.19. The number of hydrogen-bond acceptors (Lipinski definition) is 3. The molecular weight excluding hydrogens is 235 g/mol. The summed E-state index contributed by atoms with van der Waals surface area (Å²) in [5.74, 6) is 0.927. The van der Waals surface area contributed by atoms with Gasteiger partial charge in [0, 0.05) is 18.1 Å². The quantitative estimate of drug-likeness (QED) is 0.593. The van der Waals surface area contributed by atoms with Gasteiger partial charge in [-0.2, -0.15) is 0 Å². The molecule has 0 unspecified atom stereocenters. The van der Waals surface area contributed by atoms with E-state index in [4.69, 9.17) is 27.9 Å². The average molecular weight is 245 g/mol. The van der Waals surface area contributed by atoms with Crippen LogP contribution in [0.5, 0.6) is 0 Å². The fraction of sp³-hybridized carbons (Fsp3) is 0.400. The maximum atomic E-state index is 5.97. The second kappa shape index (κ2) is 4.37. The minimum atomic E-state index is 0.174. The number of hydrogen-bond donors (Lipinski definition) is 0. The summed E-state index contributed by atoms with van der Waals surface area (Å²) in [7, 11) is 0. The summed E-state index contributed by atoms with van der Waals surface area (Å²) in [5, 5.41) is 0.615. The second-order valence-corrected chi connectivity index (χ2v) is 3.89. The van der Waals surface area contributed by atoms with E-state index in [-0.39, 0.29) is 5.28 Å². The van der Waals surface area contributed by atoms with Gasteiger partial charge in [0.15, 0.2) is 0 Å². The predicted octanol–water partition coefficient (Wildman–Crippen LogP) is 3.11. The third-order valence-electron chi connectivity index (χ3n) is 2.21. The molecule has 5 heteroatoms. The summed E-state index contributed by atoms with van der Waals surface area (Å²) in [6.07, 6.45) is 3.52. The summed E-state index contributed by atoms with van der Waals surface area (Å²) in [4.78, 5) is 8.03. The summed E-state index contributed by atoms with van der Waals surface area (Å²) in [6.45, 7) is 2.62. The van der Waals surface area contributed by atoms with Crippen LogP contribution in [0.15, 0.2) is 5.76 Å². The molecule has 0 radical (unpaired) electrons. The minimum Gasteiger partial charge on any atom is -0.498 e. The van der Waals surface area contributed by atoms with Gasteiger partial charge < -0.3 is 4.74 Å². The normalized spacial score (nSPS) is 14.5. The van der Waals surface area contributed by atoms with E-state index in [1.165, 1.54) is 0 Å². The Morgan fingerprint density at radius 1 is 1.33 bits per heavy atom. The SMILES string of the molecule is CCOC1=Cc2nc(Cl)nc(Cl)c2CC1. The molecule has 0 bridgehead atoms. The lowest BCUT2D eigenvalue weighted by atomic mass is 10.0. The molecule has 0 aromatic carbocycles. The van der Waals surface area contributed by atoms with Gasteiger partial charge in [-0.1, -0.05) is 11.6 Å². The van der Waals surface area contributed by atoms with E-state index >= 15 is 0 Å². The molecule has 0 fully saturated rings. The van der Waals surface area contributed by atoms with Gasteiger partial charge in [0.25, 0.3) is 0 Å². The Balaban J connectivity index is 2.41. The molecule has 0 aliphatic heterocycles. The van der Waals surface area contributed by atoms with E-state index in [2.05, 4.69) is 9.97 Å². The standard InChI is InChI=1S/C10H10Cl2N2O/c1-2-15-6-3-4-7-8(5-6)13-10(12)14-9(7)11/h5H,2-4H2,1H3. The topological polar surface area (TPSA) is 35.0 Å². The van der Waals surface area contributed by atoms with Crippen molar-refractivity contribution in [2.45, 2.75) is 19.8 Å². The number of ether oxygens (including phenoxy) is 1. The zero-order chi connectivity index (χ0) is 10.8. The summed E-state index contributed by atoms with van der Waals surface area (Å²) in [6, 6.07) is 0. The van der Waals surface area contributed by atoms with Crippen LogP contribution in [-0.2, 0) is 11.2 Å². The van der Waals surface area contributed by atoms with Gasteiger partial charge in [0.05, 0.1) is 18.1 Å². The monoisotopic (exact) mass is 244 g/mol. The van der Waals surface area contributed by atoms with Crippen LogP contribution in [0.2, 0.25) is 10.4 Å². The third-order valence-corrected chi connectivity index (χ3v) is 2.69. The molecule has 15 heavy (non-hydrogen) atoms. The highest BCUT2D eigenvalue weighted by Crippen LogP contribution is 2.28. The van der Waals surface area contributed by atoms with Crippen LogP contribution < -0.4 is 0 Å². The van der Waals surface area contributed by atoms with Crippen molar-refractivity contribution in [3.8, 4) is 0 Å². The lowest BCUT2D eigenvalue weighted by Gasteiger charge is -2.16. The minimum absolute atomic E-state index is 0.174. The maximum Gasteiger partial charge on any atom is 0.224 e. The molecule has 3 nitrogen and oxygen atoms in total. The van der Waals surface area contributed by atoms with Crippen molar-refractivity contribution in [3.63, 3.8) is 0 Å². The number of halogens is 2. The molecular formula is C10H10Cl2N2O. The molecule has 1 aliphatic rings. The Hall–Kier alpha value is -0.800. The Kier molecular flexibility index (Phi) is 3.12. The van der Waals surface area contributed by atoms with Gasteiger partial charge >= 0.3 is 0 Å². The van der Waals surface area contributed by atoms with Crippen molar-refractivity contribution in [2.24, 2.45) is 0 Å². The van der Waals surface area contributed by atoms with Gasteiger partial charge in [-0.3, -0.25) is 0 Å². The predicted molar refractivity (Wildman–Crippen MR) is 60.0 cm³/mol. The van der Waals surface area contributed by atoms with Crippen LogP contribution in [0.1, 0.15) is 24.6 Å². The van der Waals surface area contributed by atoms with Crippen molar-refractivity contribution in [3.05, 3.63) is 27.5 Å². The van der Waals surface area contributed by atoms with E-state index in [1.807, 2.05) is 13.0 Å². The molecule has 0 N–H and O–H groups in total. The lowest BCUT2D eigenvalue weighted by Crippen LogP contribution is -2.06. The van der Waals surface area contributed by atoms with Crippen LogP contribution in [0.3, 0.4) is 0 Å². The van der Waals surface area contributed by atoms with Gasteiger partial charge in [-0.25, -0.2) is 9.97 Å². The fourth-order valence-corrected chi connectivity index (χ4v) is 2.06. The van der Waals surface area contributed by atoms with Crippen LogP contribution in [0.4, 0.5) is 0 Å². The highest BCUT2D eigenvalue weighted by molar-refractivity contribution is 6.32. The van der Waals surface area contributed by atoms with Gasteiger partial charge in [0.2, 0.25) is 5.28 Å². The Labute approximate surface area is 98.1 Å². The number of nitrogens with zero attached hydrogens (tertiary/aromatic N) is 2. The van der Waals surface area contributed by atoms with Crippen molar-refractivity contribution in [1.29, 1.82) is 0 Å². The first-order valence-electron chi connectivity index (χ1n) is 4.76. The molecule has 1 aromatic rings. The van der Waals surface area contributed by atoms with E-state index in [1.54, 1.807) is 0 Å². The zero-order valence-electron chi connectivity index (χ0n) is 8.26. The largest absolute Gasteiger partial charge is 0.498 e. The van der Waals surface area contributed by atoms with E-state index in [9.17, 15) is 0 Å². The van der Waals surface area contributed by atoms with Crippen molar-refractivity contribution < 1.29 is 4.74 Å². The van der Waals surface area contributed by atoms with Gasteiger partial charge in [-0.15, -0.1) is 0 Å². The first-order chi connectivity index (χ1) is 7.20. The molecule has 0 spiro atoms. The Morgan fingerprint density at radius 2 is 2.13 bits per heavy atom. The summed E-state index contributed by atoms with van der Waals surface area (Å²) < 4.78 is 5.43. The smallest absolute Gasteiger partial charge is 0.224 e. The highest BCUT2D eigenvalue weighted by atomic mass is 35.5. The van der Waals surface area contributed by atoms with Crippen LogP contribution >= 0.6 is 23.2 Å². The first kappa shape index (κ1) is 10.7. The molecule has 0 saturated heterocycles. The average Bonchev–Trinajstić information content (AvgIpc) is 2.17. The number of allylic oxidation sites excluding steroid dienone is 1. The van der Waals surface area contributed by atoms with E-state index in [0.717, 1.165) is 29.9 Å². The van der Waals surface area contributed by atoms with Crippen LogP contribution in [0.25, 0.3) is 6.08 Å². The van der Waals surface area contributed by atoms with E-state index < -0.39 is 0 Å². The molecule has 80 valence electrons. The van der Waals surface area contributed by atoms with E-state index in [0.29, 0.717) is 11.8 Å². The third kappa shape index (κ3) is 2.24. The number of aromatic nitrogens is 2. The summed E-state index contributed by atoms with van der Waals surface area (Å²) in [5.41, 5.74) is 1.72. The van der Waals surface area contributed by atoms with Gasteiger partial charge in [-0.05, 0) is 24.9 Å². The Morgan fingerprint density at radius 3 is 2.87 bits per heavy atom. The van der Waals surface area contributed by atoms with Gasteiger partial charge in [0.1, 0.15) is 5.15 Å². The molecule has 0 atom stereocenters. The first-order valence-corrected chi connectivity index (χ1v) is 5.51. The zero-order valence-corrected chi connectivity index (χ0v) is 9.77. The number of rotatable bonds is 2. The van der Waals surface area contributed by atoms with Crippen LogP contribution in [0, 0.1) is 0 Å².